The Balaban J connectivity index is 1.85. The van der Waals surface area contributed by atoms with Crippen LogP contribution < -0.4 is 15.7 Å². The molecule has 6 heteroatoms. The molecule has 1 N–H and O–H groups in total. The Morgan fingerprint density at radius 3 is 2.56 bits per heavy atom. The van der Waals surface area contributed by atoms with Crippen molar-refractivity contribution >= 4 is 28.5 Å². The maximum absolute atomic E-state index is 12.5. The van der Waals surface area contributed by atoms with Crippen LogP contribution >= 0.6 is 11.6 Å². The zero-order valence-electron chi connectivity index (χ0n) is 13.7. The van der Waals surface area contributed by atoms with Crippen molar-refractivity contribution in [2.75, 3.05) is 7.11 Å². The highest BCUT2D eigenvalue weighted by Crippen LogP contribution is 2.20. The van der Waals surface area contributed by atoms with Crippen molar-refractivity contribution in [3.63, 3.8) is 0 Å². The number of nitrogens with one attached hydrogen (secondary N) is 1. The Kier molecular flexibility index (Phi) is 4.76. The van der Waals surface area contributed by atoms with Crippen molar-refractivity contribution in [1.82, 2.24) is 5.32 Å². The molecule has 0 aliphatic heterocycles. The summed E-state index contributed by atoms with van der Waals surface area (Å²) in [5.41, 5.74) is 0.529. The highest BCUT2D eigenvalue weighted by Gasteiger charge is 2.17. The quantitative estimate of drug-likeness (QED) is 0.718. The molecule has 0 unspecified atom stereocenters. The van der Waals surface area contributed by atoms with Gasteiger partial charge in [-0.1, -0.05) is 23.7 Å². The van der Waals surface area contributed by atoms with E-state index in [2.05, 4.69) is 5.32 Å². The van der Waals surface area contributed by atoms with Crippen molar-refractivity contribution < 1.29 is 13.9 Å². The van der Waals surface area contributed by atoms with Crippen LogP contribution in [0.1, 0.15) is 28.9 Å². The van der Waals surface area contributed by atoms with Gasteiger partial charge in [0.15, 0.2) is 0 Å². The molecule has 1 atom stereocenters. The van der Waals surface area contributed by atoms with Crippen LogP contribution in [0.2, 0.25) is 5.02 Å². The fraction of sp³-hybridized carbons (Fsp3) is 0.158. The summed E-state index contributed by atoms with van der Waals surface area (Å²) in [4.78, 5) is 24.6. The minimum Gasteiger partial charge on any atom is -0.497 e. The molecule has 0 fully saturated rings. The van der Waals surface area contributed by atoms with E-state index < -0.39 is 11.5 Å². The van der Waals surface area contributed by atoms with Crippen molar-refractivity contribution in [2.45, 2.75) is 13.0 Å². The summed E-state index contributed by atoms with van der Waals surface area (Å²) in [6.45, 7) is 1.83. The minimum absolute atomic E-state index is 0.0601. The molecule has 0 spiro atoms. The van der Waals surface area contributed by atoms with Crippen LogP contribution in [0.25, 0.3) is 11.0 Å². The van der Waals surface area contributed by atoms with Gasteiger partial charge in [-0.25, -0.2) is 4.79 Å². The lowest BCUT2D eigenvalue weighted by atomic mass is 10.1. The van der Waals surface area contributed by atoms with Gasteiger partial charge >= 0.3 is 5.63 Å². The predicted octanol–water partition coefficient (Wildman–Crippen LogP) is 3.95. The maximum atomic E-state index is 12.5. The van der Waals surface area contributed by atoms with E-state index in [1.165, 1.54) is 6.07 Å². The number of benzene rings is 2. The van der Waals surface area contributed by atoms with Gasteiger partial charge < -0.3 is 14.5 Å². The Bertz CT molecular complexity index is 979. The maximum Gasteiger partial charge on any atom is 0.349 e. The Morgan fingerprint density at radius 1 is 1.16 bits per heavy atom. The van der Waals surface area contributed by atoms with Crippen LogP contribution in [0.3, 0.4) is 0 Å². The summed E-state index contributed by atoms with van der Waals surface area (Å²) in [6.07, 6.45) is 0. The number of rotatable bonds is 4. The van der Waals surface area contributed by atoms with Gasteiger partial charge in [-0.3, -0.25) is 4.79 Å². The van der Waals surface area contributed by atoms with E-state index in [9.17, 15) is 9.59 Å². The molecule has 0 bridgehead atoms. The van der Waals surface area contributed by atoms with Crippen LogP contribution in [0, 0.1) is 0 Å². The SMILES string of the molecule is COc1ccc([C@H](C)NC(=O)c2cc3cc(Cl)ccc3oc2=O)cc1. The van der Waals surface area contributed by atoms with Crippen molar-refractivity contribution in [3.8, 4) is 5.75 Å². The Labute approximate surface area is 149 Å². The Morgan fingerprint density at radius 2 is 1.88 bits per heavy atom. The van der Waals surface area contributed by atoms with E-state index >= 15 is 0 Å². The van der Waals surface area contributed by atoms with E-state index in [4.69, 9.17) is 20.8 Å². The standard InChI is InChI=1S/C19H16ClNO4/c1-11(12-3-6-15(24-2)7-4-12)21-18(22)16-10-13-9-14(20)5-8-17(13)25-19(16)23/h3-11H,1-2H3,(H,21,22)/t11-/m0/s1. The average molecular weight is 358 g/mol. The number of halogens is 1. The monoisotopic (exact) mass is 357 g/mol. The molecule has 1 aromatic heterocycles. The molecule has 0 aliphatic carbocycles. The van der Waals surface area contributed by atoms with E-state index in [1.54, 1.807) is 25.3 Å². The zero-order chi connectivity index (χ0) is 18.0. The highest BCUT2D eigenvalue weighted by molar-refractivity contribution is 6.31. The number of fused-ring (bicyclic) bond motifs is 1. The molecule has 5 nitrogen and oxygen atoms in total. The third-order valence-corrected chi connectivity index (χ3v) is 4.14. The molecule has 0 aliphatic rings. The number of ether oxygens (including phenoxy) is 1. The van der Waals surface area contributed by atoms with E-state index in [1.807, 2.05) is 31.2 Å². The third kappa shape index (κ3) is 3.67. The smallest absolute Gasteiger partial charge is 0.349 e. The molecule has 3 rings (SSSR count). The summed E-state index contributed by atoms with van der Waals surface area (Å²) in [5, 5.41) is 3.89. The molecule has 0 radical (unpaired) electrons. The second-order valence-corrected chi connectivity index (χ2v) is 6.03. The fourth-order valence-electron chi connectivity index (χ4n) is 2.50. The van der Waals surface area contributed by atoms with Gasteiger partial charge in [0.05, 0.1) is 13.2 Å². The topological polar surface area (TPSA) is 68.5 Å². The van der Waals surface area contributed by atoms with Gasteiger partial charge in [0.2, 0.25) is 0 Å². The van der Waals surface area contributed by atoms with Crippen LogP contribution in [0.5, 0.6) is 5.75 Å². The normalized spacial score (nSPS) is 12.0. The fourth-order valence-corrected chi connectivity index (χ4v) is 2.68. The number of amides is 1. The molecule has 0 saturated heterocycles. The van der Waals surface area contributed by atoms with Crippen LogP contribution in [0.15, 0.2) is 57.7 Å². The van der Waals surface area contributed by atoms with Crippen molar-refractivity contribution in [3.05, 3.63) is 75.1 Å². The van der Waals surface area contributed by atoms with Crippen LogP contribution in [-0.2, 0) is 0 Å². The first-order chi connectivity index (χ1) is 12.0. The summed E-state index contributed by atoms with van der Waals surface area (Å²) >= 11 is 5.95. The summed E-state index contributed by atoms with van der Waals surface area (Å²) in [7, 11) is 1.59. The first-order valence-electron chi connectivity index (χ1n) is 7.66. The number of hydrogen-bond acceptors (Lipinski definition) is 4. The second-order valence-electron chi connectivity index (χ2n) is 5.60. The summed E-state index contributed by atoms with van der Waals surface area (Å²) < 4.78 is 10.3. The first-order valence-corrected chi connectivity index (χ1v) is 8.04. The molecule has 2 aromatic carbocycles. The lowest BCUT2D eigenvalue weighted by Gasteiger charge is -2.14. The number of hydrogen-bond donors (Lipinski definition) is 1. The lowest BCUT2D eigenvalue weighted by Crippen LogP contribution is -2.30. The highest BCUT2D eigenvalue weighted by atomic mass is 35.5. The molecule has 128 valence electrons. The van der Waals surface area contributed by atoms with E-state index in [-0.39, 0.29) is 11.6 Å². The summed E-state index contributed by atoms with van der Waals surface area (Å²) in [6, 6.07) is 13.4. The molecule has 1 heterocycles. The molecule has 0 saturated carbocycles. The molecular weight excluding hydrogens is 342 g/mol. The minimum atomic E-state index is -0.686. The number of carbonyl (C=O) groups is 1. The molecule has 1 amide bonds. The first kappa shape index (κ1) is 17.0. The number of methoxy groups -OCH3 is 1. The lowest BCUT2D eigenvalue weighted by molar-refractivity contribution is 0.0936. The largest absolute Gasteiger partial charge is 0.497 e. The Hall–Kier alpha value is -2.79. The van der Waals surface area contributed by atoms with Gasteiger partial charge in [0.25, 0.3) is 5.91 Å². The van der Waals surface area contributed by atoms with Gasteiger partial charge in [-0.15, -0.1) is 0 Å². The van der Waals surface area contributed by atoms with Crippen molar-refractivity contribution in [1.29, 1.82) is 0 Å². The predicted molar refractivity (Wildman–Crippen MR) is 96.4 cm³/mol. The van der Waals surface area contributed by atoms with E-state index in [0.717, 1.165) is 11.3 Å². The average Bonchev–Trinajstić information content (AvgIpc) is 2.61. The van der Waals surface area contributed by atoms with Gasteiger partial charge in [0, 0.05) is 10.4 Å². The molecule has 25 heavy (non-hydrogen) atoms. The molecule has 3 aromatic rings. The van der Waals surface area contributed by atoms with Crippen LogP contribution in [-0.4, -0.2) is 13.0 Å². The third-order valence-electron chi connectivity index (χ3n) is 3.90. The van der Waals surface area contributed by atoms with E-state index in [0.29, 0.717) is 16.0 Å². The summed E-state index contributed by atoms with van der Waals surface area (Å²) in [5.74, 6) is 0.230. The molecular formula is C19H16ClNO4. The van der Waals surface area contributed by atoms with Crippen molar-refractivity contribution in [2.24, 2.45) is 0 Å². The second kappa shape index (κ2) is 6.99. The van der Waals surface area contributed by atoms with Gasteiger partial charge in [0.1, 0.15) is 16.9 Å². The van der Waals surface area contributed by atoms with Gasteiger partial charge in [-0.2, -0.15) is 0 Å². The van der Waals surface area contributed by atoms with Crippen LogP contribution in [0.4, 0.5) is 0 Å². The zero-order valence-corrected chi connectivity index (χ0v) is 14.5. The van der Waals surface area contributed by atoms with Gasteiger partial charge in [-0.05, 0) is 48.9 Å². The number of carbonyl (C=O) groups excluding carboxylic acids is 1.